The summed E-state index contributed by atoms with van der Waals surface area (Å²) in [5.74, 6) is -0.0489. The van der Waals surface area contributed by atoms with E-state index < -0.39 is 35.4 Å². The monoisotopic (exact) mass is 1070 g/mol. The smallest absolute Gasteiger partial charge is 0.251 e. The van der Waals surface area contributed by atoms with Gasteiger partial charge >= 0.3 is 0 Å². The van der Waals surface area contributed by atoms with Gasteiger partial charge in [0, 0.05) is 98.6 Å². The van der Waals surface area contributed by atoms with Crippen molar-refractivity contribution >= 4 is 47.0 Å². The van der Waals surface area contributed by atoms with Crippen molar-refractivity contribution in [2.45, 2.75) is 149 Å². The first-order valence-corrected chi connectivity index (χ1v) is 27.8. The number of ether oxygens (including phenoxy) is 3. The molecule has 4 fully saturated rings. The predicted molar refractivity (Wildman–Crippen MR) is 298 cm³/mol. The maximum absolute atomic E-state index is 14.4. The molecule has 4 amide bonds. The number of aliphatic imine (C=N–C) groups is 1. The highest BCUT2D eigenvalue weighted by Gasteiger charge is 2.64. The van der Waals surface area contributed by atoms with Gasteiger partial charge in [0.15, 0.2) is 0 Å². The fourth-order valence-corrected chi connectivity index (χ4v) is 12.7. The van der Waals surface area contributed by atoms with E-state index in [1.807, 2.05) is 77.2 Å². The van der Waals surface area contributed by atoms with Crippen LogP contribution in [0.5, 0.6) is 11.5 Å². The molecule has 8 rings (SSSR count). The largest absolute Gasteiger partial charge is 0.492 e. The van der Waals surface area contributed by atoms with Gasteiger partial charge in [-0.05, 0) is 85.2 Å². The Labute approximate surface area is 459 Å². The van der Waals surface area contributed by atoms with Crippen molar-refractivity contribution < 1.29 is 38.5 Å². The normalized spacial score (nSPS) is 25.0. The molecule has 3 aromatic carbocycles. The van der Waals surface area contributed by atoms with E-state index in [4.69, 9.17) is 25.8 Å². The van der Waals surface area contributed by atoms with E-state index in [1.165, 1.54) is 10.5 Å². The first kappa shape index (κ1) is 57.3. The van der Waals surface area contributed by atoms with Gasteiger partial charge in [-0.15, -0.1) is 0 Å². The lowest BCUT2D eigenvalue weighted by molar-refractivity contribution is -0.164. The average molecular weight is 1080 g/mol. The lowest BCUT2D eigenvalue weighted by Crippen LogP contribution is -2.74. The van der Waals surface area contributed by atoms with Crippen molar-refractivity contribution in [3.8, 4) is 17.6 Å². The fourth-order valence-electron chi connectivity index (χ4n) is 12.5. The zero-order chi connectivity index (χ0) is 55.4. The number of carbonyl (C=O) groups is 4. The number of benzene rings is 3. The number of piperazine rings is 1. The number of hydrogen-bond donors (Lipinski definition) is 4. The quantitative estimate of drug-likeness (QED) is 0.0973. The molecule has 3 heterocycles. The van der Waals surface area contributed by atoms with Crippen molar-refractivity contribution in [1.82, 2.24) is 30.7 Å². The third kappa shape index (κ3) is 13.2. The Morgan fingerprint density at radius 1 is 0.922 bits per heavy atom. The molecule has 0 spiro atoms. The van der Waals surface area contributed by atoms with Crippen LogP contribution in [0, 0.1) is 27.6 Å². The van der Waals surface area contributed by atoms with E-state index in [0.29, 0.717) is 34.3 Å². The highest BCUT2D eigenvalue weighted by atomic mass is 35.5. The van der Waals surface area contributed by atoms with Gasteiger partial charge in [0.05, 0.1) is 28.8 Å². The second-order valence-electron chi connectivity index (χ2n) is 23.9. The number of allylic oxidation sites excluding steroid dienone is 2. The standard InChI is InChI=1S/C60H79ClN8O8/c1-37(39-14-16-40(17-15-39)46-24-25-63-38(46)2)64-54(73)49-32-43(70)35-69(49)55(74)52(58(3,4)5)65-51(71)36-76-50-13-11-10-12-48(50)68-28-26-67(27-29-68)30-31-75-44-21-18-41(19-22-44)53(72)66-56-59(6,7)57(60(56,8)9)77-45-23-20-42(34-62)47(61)33-45/h14-23,25,33,37,43,48-50,52,56-57,70H,10-13,24,26-32,35-36H2,1-9H3,(H,64,73)(H,65,71)(H,66,72)/t37-,43+,48-,49-,50-,52?,56-,57-/m0/s1. The number of aliphatic hydroxyl groups excluding tert-OH is 1. The molecule has 17 heteroatoms. The molecule has 414 valence electrons. The van der Waals surface area contributed by atoms with E-state index in [9.17, 15) is 29.5 Å². The maximum atomic E-state index is 14.4. The minimum absolute atomic E-state index is 0.00600. The summed E-state index contributed by atoms with van der Waals surface area (Å²) >= 11 is 6.27. The molecule has 4 N–H and O–H groups in total. The second-order valence-corrected chi connectivity index (χ2v) is 24.4. The molecule has 5 aliphatic rings. The molecule has 1 unspecified atom stereocenters. The van der Waals surface area contributed by atoms with Crippen molar-refractivity contribution in [3.63, 3.8) is 0 Å². The van der Waals surface area contributed by atoms with Crippen LogP contribution in [-0.4, -0.2) is 145 Å². The molecule has 0 radical (unpaired) electrons. The first-order chi connectivity index (χ1) is 36.5. The molecule has 3 aromatic rings. The summed E-state index contributed by atoms with van der Waals surface area (Å²) in [7, 11) is 0. The number of rotatable bonds is 18. The highest BCUT2D eigenvalue weighted by Crippen LogP contribution is 2.55. The Balaban J connectivity index is 0.763. The number of halogens is 1. The number of nitrogens with one attached hydrogen (secondary N) is 3. The van der Waals surface area contributed by atoms with Crippen LogP contribution >= 0.6 is 11.6 Å². The number of carbonyl (C=O) groups excluding carboxylic acids is 4. The molecular weight excluding hydrogens is 996 g/mol. The van der Waals surface area contributed by atoms with Crippen LogP contribution in [0.1, 0.15) is 134 Å². The van der Waals surface area contributed by atoms with E-state index in [0.717, 1.165) is 81.7 Å². The van der Waals surface area contributed by atoms with Crippen LogP contribution in [-0.2, 0) is 19.1 Å². The molecule has 2 saturated heterocycles. The number of nitriles is 1. The topological polar surface area (TPSA) is 198 Å². The lowest BCUT2D eigenvalue weighted by atomic mass is 9.49. The number of likely N-dealkylation sites (tertiary alicyclic amines) is 1. The summed E-state index contributed by atoms with van der Waals surface area (Å²) in [5.41, 5.74) is 3.66. The van der Waals surface area contributed by atoms with Crippen LogP contribution in [0.15, 0.2) is 77.4 Å². The SMILES string of the molecule is CC1=C(c2ccc([C@H](C)NC(=O)[C@@H]3C[C@@H](O)CN3C(=O)C(NC(=O)CO[C@H]3CCCC[C@@H]3N3CCN(CCOc4ccc(C(=O)N[C@H]5C(C)(C)[C@H](Oc6ccc(C#N)c(Cl)c6)C5(C)C)cc4)CC3)C(C)(C)C)cc2)CC=N1. The third-order valence-electron chi connectivity index (χ3n) is 16.6. The average Bonchev–Trinajstić information content (AvgIpc) is 4.03. The van der Waals surface area contributed by atoms with Crippen LogP contribution < -0.4 is 25.4 Å². The first-order valence-electron chi connectivity index (χ1n) is 27.4. The molecule has 0 bridgehead atoms. The number of nitrogens with zero attached hydrogens (tertiary/aromatic N) is 5. The molecule has 2 aliphatic carbocycles. The van der Waals surface area contributed by atoms with Crippen molar-refractivity contribution in [1.29, 1.82) is 5.26 Å². The maximum Gasteiger partial charge on any atom is 0.251 e. The Hall–Kier alpha value is -5.83. The van der Waals surface area contributed by atoms with Gasteiger partial charge in [0.1, 0.15) is 49.0 Å². The van der Waals surface area contributed by atoms with Crippen LogP contribution in [0.25, 0.3) is 5.57 Å². The Bertz CT molecular complexity index is 2710. The summed E-state index contributed by atoms with van der Waals surface area (Å²) in [6, 6.07) is 20.3. The number of amides is 4. The zero-order valence-electron chi connectivity index (χ0n) is 46.4. The van der Waals surface area contributed by atoms with Gasteiger partial charge in [0.2, 0.25) is 17.7 Å². The summed E-state index contributed by atoms with van der Waals surface area (Å²) in [4.78, 5) is 66.1. The van der Waals surface area contributed by atoms with Crippen molar-refractivity contribution in [3.05, 3.63) is 99.7 Å². The Morgan fingerprint density at radius 2 is 1.60 bits per heavy atom. The van der Waals surface area contributed by atoms with Crippen molar-refractivity contribution in [2.75, 3.05) is 52.5 Å². The van der Waals surface area contributed by atoms with Crippen LogP contribution in [0.4, 0.5) is 0 Å². The van der Waals surface area contributed by atoms with Gasteiger partial charge in [-0.1, -0.05) is 97.2 Å². The third-order valence-corrected chi connectivity index (χ3v) is 16.9. The molecule has 2 saturated carbocycles. The minimum Gasteiger partial charge on any atom is -0.492 e. The molecular formula is C60H79ClN8O8. The fraction of sp³-hybridized carbons (Fsp3) is 0.567. The van der Waals surface area contributed by atoms with Crippen LogP contribution in [0.2, 0.25) is 5.02 Å². The van der Waals surface area contributed by atoms with Gasteiger partial charge < -0.3 is 40.2 Å². The van der Waals surface area contributed by atoms with Gasteiger partial charge in [0.25, 0.3) is 5.91 Å². The van der Waals surface area contributed by atoms with E-state index >= 15 is 0 Å². The Kier molecular flexibility index (Phi) is 17.9. The van der Waals surface area contributed by atoms with Gasteiger partial charge in [-0.2, -0.15) is 5.26 Å². The molecule has 6 atom stereocenters. The lowest BCUT2D eigenvalue weighted by Gasteiger charge is -2.63. The molecule has 77 heavy (non-hydrogen) atoms. The van der Waals surface area contributed by atoms with Gasteiger partial charge in [-0.3, -0.25) is 34.0 Å². The highest BCUT2D eigenvalue weighted by molar-refractivity contribution is 6.31. The number of β-amino-alcohol motifs (C(OH)–C–C–N with tert-alkyl or cyclic N) is 1. The summed E-state index contributed by atoms with van der Waals surface area (Å²) in [6.45, 7) is 22.4. The van der Waals surface area contributed by atoms with E-state index in [2.05, 4.69) is 64.5 Å². The van der Waals surface area contributed by atoms with Crippen molar-refractivity contribution in [2.24, 2.45) is 21.2 Å². The zero-order valence-corrected chi connectivity index (χ0v) is 47.1. The molecule has 16 nitrogen and oxygen atoms in total. The van der Waals surface area contributed by atoms with E-state index in [1.54, 1.807) is 30.3 Å². The summed E-state index contributed by atoms with van der Waals surface area (Å²) in [5, 5.41) is 29.7. The van der Waals surface area contributed by atoms with Crippen LogP contribution in [0.3, 0.4) is 0 Å². The summed E-state index contributed by atoms with van der Waals surface area (Å²) in [6.07, 6.45) is 5.51. The predicted octanol–water partition coefficient (Wildman–Crippen LogP) is 7.72. The second kappa shape index (κ2) is 24.0. The molecule has 0 aromatic heterocycles. The number of aliphatic hydroxyl groups is 1. The van der Waals surface area contributed by atoms with Gasteiger partial charge in [-0.25, -0.2) is 0 Å². The van der Waals surface area contributed by atoms with E-state index in [-0.39, 0.29) is 72.6 Å². The number of hydrogen-bond acceptors (Lipinski definition) is 12. The Morgan fingerprint density at radius 3 is 2.23 bits per heavy atom. The summed E-state index contributed by atoms with van der Waals surface area (Å²) < 4.78 is 18.9. The molecule has 3 aliphatic heterocycles. The minimum atomic E-state index is -0.954.